The summed E-state index contributed by atoms with van der Waals surface area (Å²) in [6.45, 7) is 7.59. The van der Waals surface area contributed by atoms with Crippen LogP contribution in [-0.4, -0.2) is 140 Å². The number of nitrogens with zero attached hydrogens (tertiary/aromatic N) is 4. The SMILES string of the molecule is CN(C)CCCN(C)CCOC(=O)NCCCCCCNC(=O)OCCN(C)CCCN(C)C. The van der Waals surface area contributed by atoms with Crippen molar-refractivity contribution in [3.8, 4) is 0 Å². The van der Waals surface area contributed by atoms with E-state index in [-0.39, 0.29) is 12.2 Å². The van der Waals surface area contributed by atoms with Crippen LogP contribution in [0.15, 0.2) is 0 Å². The number of amides is 2. The summed E-state index contributed by atoms with van der Waals surface area (Å²) < 4.78 is 10.4. The van der Waals surface area contributed by atoms with Crippen molar-refractivity contribution < 1.29 is 19.1 Å². The summed E-state index contributed by atoms with van der Waals surface area (Å²) in [5, 5.41) is 5.58. The van der Waals surface area contributed by atoms with Gasteiger partial charge in [0.2, 0.25) is 0 Å². The Bertz CT molecular complexity index is 464. The molecule has 2 amide bonds. The maximum Gasteiger partial charge on any atom is 0.407 e. The molecular weight excluding hydrogens is 436 g/mol. The van der Waals surface area contributed by atoms with E-state index in [0.717, 1.165) is 77.8 Å². The lowest BCUT2D eigenvalue weighted by atomic mass is 10.2. The predicted molar refractivity (Wildman–Crippen MR) is 139 cm³/mol. The Balaban J connectivity index is 3.45. The minimum Gasteiger partial charge on any atom is -0.448 e. The molecule has 0 unspecified atom stereocenters. The molecule has 0 aromatic heterocycles. The molecule has 10 heteroatoms. The van der Waals surface area contributed by atoms with Crippen LogP contribution in [0.25, 0.3) is 0 Å². The van der Waals surface area contributed by atoms with E-state index in [4.69, 9.17) is 9.47 Å². The highest BCUT2D eigenvalue weighted by molar-refractivity contribution is 5.67. The third-order valence-electron chi connectivity index (χ3n) is 5.34. The molecular formula is C24H52N6O4. The maximum absolute atomic E-state index is 11.7. The lowest BCUT2D eigenvalue weighted by molar-refractivity contribution is 0.130. The normalized spacial score (nSPS) is 11.5. The highest BCUT2D eigenvalue weighted by Gasteiger charge is 2.05. The van der Waals surface area contributed by atoms with Gasteiger partial charge in [-0.15, -0.1) is 0 Å². The van der Waals surface area contributed by atoms with Crippen LogP contribution in [0.5, 0.6) is 0 Å². The third kappa shape index (κ3) is 23.5. The van der Waals surface area contributed by atoms with Gasteiger partial charge in [-0.3, -0.25) is 0 Å². The number of hydrogen-bond acceptors (Lipinski definition) is 8. The molecule has 0 aliphatic rings. The van der Waals surface area contributed by atoms with Crippen LogP contribution in [0.1, 0.15) is 38.5 Å². The van der Waals surface area contributed by atoms with E-state index in [0.29, 0.717) is 26.3 Å². The first kappa shape index (κ1) is 32.4. The number of rotatable bonds is 21. The van der Waals surface area contributed by atoms with Crippen LogP contribution in [-0.2, 0) is 9.47 Å². The van der Waals surface area contributed by atoms with Crippen molar-refractivity contribution in [2.45, 2.75) is 38.5 Å². The van der Waals surface area contributed by atoms with Crippen molar-refractivity contribution in [2.75, 3.05) is 108 Å². The Morgan fingerprint density at radius 3 is 1.26 bits per heavy atom. The van der Waals surface area contributed by atoms with Crippen molar-refractivity contribution in [1.82, 2.24) is 30.2 Å². The van der Waals surface area contributed by atoms with E-state index in [1.54, 1.807) is 0 Å². The van der Waals surface area contributed by atoms with Crippen molar-refractivity contribution in [2.24, 2.45) is 0 Å². The highest BCUT2D eigenvalue weighted by Crippen LogP contribution is 1.98. The second kappa shape index (κ2) is 21.9. The number of nitrogens with one attached hydrogen (secondary N) is 2. The zero-order valence-electron chi connectivity index (χ0n) is 22.7. The average Bonchev–Trinajstić information content (AvgIpc) is 2.75. The van der Waals surface area contributed by atoms with Crippen LogP contribution in [0.4, 0.5) is 9.59 Å². The van der Waals surface area contributed by atoms with Gasteiger partial charge in [0.15, 0.2) is 0 Å². The first-order chi connectivity index (χ1) is 16.2. The van der Waals surface area contributed by atoms with Crippen LogP contribution >= 0.6 is 0 Å². The van der Waals surface area contributed by atoms with Crippen LogP contribution < -0.4 is 10.6 Å². The predicted octanol–water partition coefficient (Wildman–Crippen LogP) is 1.77. The van der Waals surface area contributed by atoms with Crippen molar-refractivity contribution >= 4 is 12.2 Å². The quantitative estimate of drug-likeness (QED) is 0.236. The number of unbranched alkanes of at least 4 members (excludes halogenated alkanes) is 3. The minimum absolute atomic E-state index is 0.352. The number of ether oxygens (including phenoxy) is 2. The highest BCUT2D eigenvalue weighted by atomic mass is 16.6. The summed E-state index contributed by atoms with van der Waals surface area (Å²) in [5.74, 6) is 0. The summed E-state index contributed by atoms with van der Waals surface area (Å²) in [7, 11) is 12.3. The fraction of sp³-hybridized carbons (Fsp3) is 0.917. The molecule has 0 radical (unpaired) electrons. The molecule has 0 bridgehead atoms. The van der Waals surface area contributed by atoms with Gasteiger partial charge in [-0.25, -0.2) is 9.59 Å². The van der Waals surface area contributed by atoms with E-state index in [2.05, 4.69) is 58.4 Å². The Morgan fingerprint density at radius 2 is 0.912 bits per heavy atom. The van der Waals surface area contributed by atoms with Gasteiger partial charge in [-0.1, -0.05) is 12.8 Å². The molecule has 0 aliphatic carbocycles. The van der Waals surface area contributed by atoms with E-state index in [1.165, 1.54) is 0 Å². The molecule has 0 aromatic carbocycles. The maximum atomic E-state index is 11.7. The number of carbonyl (C=O) groups excluding carboxylic acids is 2. The minimum atomic E-state index is -0.352. The zero-order chi connectivity index (χ0) is 25.6. The Morgan fingerprint density at radius 1 is 0.529 bits per heavy atom. The first-order valence-electron chi connectivity index (χ1n) is 12.7. The fourth-order valence-corrected chi connectivity index (χ4v) is 3.21. The molecule has 0 aromatic rings. The van der Waals surface area contributed by atoms with Crippen LogP contribution in [0.2, 0.25) is 0 Å². The summed E-state index contributed by atoms with van der Waals surface area (Å²) >= 11 is 0. The second-order valence-corrected chi connectivity index (χ2v) is 9.46. The fourth-order valence-electron chi connectivity index (χ4n) is 3.21. The molecule has 0 heterocycles. The molecule has 34 heavy (non-hydrogen) atoms. The van der Waals surface area contributed by atoms with Crippen LogP contribution in [0.3, 0.4) is 0 Å². The van der Waals surface area contributed by atoms with Gasteiger partial charge in [0.1, 0.15) is 13.2 Å². The standard InChI is InChI=1S/C24H52N6O4/c1-27(2)15-11-17-29(5)19-21-33-23(31)25-13-9-7-8-10-14-26-24(32)34-22-20-30(6)18-12-16-28(3)4/h7-22H2,1-6H3,(H,25,31)(H,26,32). The molecule has 10 nitrogen and oxygen atoms in total. The molecule has 0 spiro atoms. The van der Waals surface area contributed by atoms with Crippen molar-refractivity contribution in [3.05, 3.63) is 0 Å². The molecule has 202 valence electrons. The van der Waals surface area contributed by atoms with E-state index < -0.39 is 0 Å². The molecule has 0 saturated heterocycles. The van der Waals surface area contributed by atoms with Gasteiger partial charge in [0, 0.05) is 26.2 Å². The zero-order valence-corrected chi connectivity index (χ0v) is 22.7. The van der Waals surface area contributed by atoms with Gasteiger partial charge in [0.05, 0.1) is 0 Å². The summed E-state index contributed by atoms with van der Waals surface area (Å²) in [6, 6.07) is 0. The number of alkyl carbamates (subject to hydrolysis) is 2. The monoisotopic (exact) mass is 488 g/mol. The Kier molecular flexibility index (Phi) is 20.8. The average molecular weight is 489 g/mol. The van der Waals surface area contributed by atoms with Gasteiger partial charge in [-0.05, 0) is 94.1 Å². The van der Waals surface area contributed by atoms with Gasteiger partial charge in [-0.2, -0.15) is 0 Å². The van der Waals surface area contributed by atoms with Crippen molar-refractivity contribution in [3.63, 3.8) is 0 Å². The number of likely N-dealkylation sites (N-methyl/N-ethyl adjacent to an activating group) is 2. The van der Waals surface area contributed by atoms with E-state index >= 15 is 0 Å². The lowest BCUT2D eigenvalue weighted by Crippen LogP contribution is -2.31. The molecule has 0 aliphatic heterocycles. The summed E-state index contributed by atoms with van der Waals surface area (Å²) in [5.41, 5.74) is 0. The van der Waals surface area contributed by atoms with E-state index in [9.17, 15) is 9.59 Å². The van der Waals surface area contributed by atoms with Gasteiger partial charge in [0.25, 0.3) is 0 Å². The van der Waals surface area contributed by atoms with E-state index in [1.807, 2.05) is 14.1 Å². The largest absolute Gasteiger partial charge is 0.448 e. The van der Waals surface area contributed by atoms with Gasteiger partial charge >= 0.3 is 12.2 Å². The smallest absolute Gasteiger partial charge is 0.407 e. The Hall–Kier alpha value is -1.62. The lowest BCUT2D eigenvalue weighted by Gasteiger charge is -2.18. The first-order valence-corrected chi connectivity index (χ1v) is 12.7. The number of carbonyl (C=O) groups is 2. The molecule has 0 fully saturated rings. The third-order valence-corrected chi connectivity index (χ3v) is 5.34. The second-order valence-electron chi connectivity index (χ2n) is 9.46. The number of hydrogen-bond donors (Lipinski definition) is 2. The Labute approximate surface area is 208 Å². The molecule has 0 rings (SSSR count). The van der Waals surface area contributed by atoms with Gasteiger partial charge < -0.3 is 39.7 Å². The summed E-state index contributed by atoms with van der Waals surface area (Å²) in [4.78, 5) is 32.1. The van der Waals surface area contributed by atoms with Crippen LogP contribution in [0, 0.1) is 0 Å². The topological polar surface area (TPSA) is 89.6 Å². The van der Waals surface area contributed by atoms with Crippen molar-refractivity contribution in [1.29, 1.82) is 0 Å². The molecule has 2 N–H and O–H groups in total. The molecule has 0 atom stereocenters. The molecule has 0 saturated carbocycles. The summed E-state index contributed by atoms with van der Waals surface area (Å²) in [6.07, 6.45) is 5.26.